The van der Waals surface area contributed by atoms with Gasteiger partial charge >= 0.3 is 0 Å². The first-order valence-corrected chi connectivity index (χ1v) is 6.29. The standard InChI is InChI=1S/C12H18O2S/c1-9(2)8-10-4-5-11(15-10)12(3)13-6-7-14-12/h4-5,9H,6-8H2,1-3H3. The Kier molecular flexibility index (Phi) is 3.14. The molecule has 15 heavy (non-hydrogen) atoms. The summed E-state index contributed by atoms with van der Waals surface area (Å²) in [4.78, 5) is 2.61. The Morgan fingerprint density at radius 1 is 1.33 bits per heavy atom. The van der Waals surface area contributed by atoms with E-state index >= 15 is 0 Å². The predicted molar refractivity (Wildman–Crippen MR) is 62.1 cm³/mol. The average Bonchev–Trinajstić information content (AvgIpc) is 2.74. The van der Waals surface area contributed by atoms with Crippen molar-refractivity contribution in [3.05, 3.63) is 21.9 Å². The second kappa shape index (κ2) is 4.24. The van der Waals surface area contributed by atoms with Crippen molar-refractivity contribution in [2.24, 2.45) is 5.92 Å². The van der Waals surface area contributed by atoms with E-state index in [-0.39, 0.29) is 0 Å². The highest BCUT2D eigenvalue weighted by Crippen LogP contribution is 2.35. The first kappa shape index (κ1) is 11.1. The quantitative estimate of drug-likeness (QED) is 0.788. The van der Waals surface area contributed by atoms with Gasteiger partial charge in [-0.3, -0.25) is 0 Å². The van der Waals surface area contributed by atoms with E-state index in [2.05, 4.69) is 26.0 Å². The molecule has 3 heteroatoms. The van der Waals surface area contributed by atoms with E-state index in [1.54, 1.807) is 0 Å². The number of rotatable bonds is 3. The summed E-state index contributed by atoms with van der Waals surface area (Å²) in [6.07, 6.45) is 1.14. The van der Waals surface area contributed by atoms with Crippen LogP contribution in [0.3, 0.4) is 0 Å². The van der Waals surface area contributed by atoms with E-state index in [0.717, 1.165) is 6.42 Å². The Morgan fingerprint density at radius 3 is 2.60 bits per heavy atom. The molecule has 0 aromatic carbocycles. The Labute approximate surface area is 95.2 Å². The summed E-state index contributed by atoms with van der Waals surface area (Å²) in [6, 6.07) is 4.32. The van der Waals surface area contributed by atoms with Crippen LogP contribution in [0.5, 0.6) is 0 Å². The van der Waals surface area contributed by atoms with Crippen LogP contribution in [0.4, 0.5) is 0 Å². The summed E-state index contributed by atoms with van der Waals surface area (Å²) in [5.41, 5.74) is 0. The fraction of sp³-hybridized carbons (Fsp3) is 0.667. The summed E-state index contributed by atoms with van der Waals surface area (Å²) in [6.45, 7) is 7.89. The summed E-state index contributed by atoms with van der Waals surface area (Å²) in [7, 11) is 0. The maximum atomic E-state index is 5.63. The number of hydrogen-bond donors (Lipinski definition) is 0. The largest absolute Gasteiger partial charge is 0.343 e. The van der Waals surface area contributed by atoms with Gasteiger partial charge in [-0.2, -0.15) is 0 Å². The van der Waals surface area contributed by atoms with Gasteiger partial charge in [-0.25, -0.2) is 0 Å². The van der Waals surface area contributed by atoms with Gasteiger partial charge in [-0.1, -0.05) is 13.8 Å². The zero-order chi connectivity index (χ0) is 10.9. The Morgan fingerprint density at radius 2 is 2.00 bits per heavy atom. The third-order valence-corrected chi connectivity index (χ3v) is 3.85. The van der Waals surface area contributed by atoms with Gasteiger partial charge in [0.25, 0.3) is 0 Å². The monoisotopic (exact) mass is 226 g/mol. The lowest BCUT2D eigenvalue weighted by Crippen LogP contribution is -2.20. The maximum absolute atomic E-state index is 5.63. The Bertz CT molecular complexity index is 324. The SMILES string of the molecule is CC(C)Cc1ccc(C2(C)OCCO2)s1. The van der Waals surface area contributed by atoms with Crippen LogP contribution in [0.2, 0.25) is 0 Å². The van der Waals surface area contributed by atoms with Gasteiger partial charge in [0.2, 0.25) is 5.79 Å². The van der Waals surface area contributed by atoms with Crippen molar-refractivity contribution in [2.75, 3.05) is 13.2 Å². The predicted octanol–water partition coefficient (Wildman–Crippen LogP) is 3.17. The number of thiophene rings is 1. The van der Waals surface area contributed by atoms with Gasteiger partial charge in [0, 0.05) is 4.88 Å². The Hall–Kier alpha value is -0.380. The molecule has 0 unspecified atom stereocenters. The zero-order valence-corrected chi connectivity index (χ0v) is 10.4. The van der Waals surface area contributed by atoms with E-state index in [0.29, 0.717) is 19.1 Å². The molecule has 1 aliphatic heterocycles. The molecule has 2 rings (SSSR count). The summed E-state index contributed by atoms with van der Waals surface area (Å²) in [5, 5.41) is 0. The summed E-state index contributed by atoms with van der Waals surface area (Å²) in [5.74, 6) is 0.217. The van der Waals surface area contributed by atoms with E-state index in [1.807, 2.05) is 18.3 Å². The van der Waals surface area contributed by atoms with Gasteiger partial charge in [0.1, 0.15) is 0 Å². The third-order valence-electron chi connectivity index (χ3n) is 2.56. The minimum atomic E-state index is -0.486. The Balaban J connectivity index is 2.12. The second-order valence-corrected chi connectivity index (χ2v) is 5.67. The van der Waals surface area contributed by atoms with Crippen LogP contribution in [0, 0.1) is 5.92 Å². The number of ether oxygens (including phenoxy) is 2. The normalized spacial score (nSPS) is 20.0. The molecule has 1 aromatic heterocycles. The van der Waals surface area contributed by atoms with Crippen molar-refractivity contribution in [1.82, 2.24) is 0 Å². The molecular formula is C12H18O2S. The summed E-state index contributed by atoms with van der Waals surface area (Å²) >= 11 is 1.81. The molecule has 1 aliphatic rings. The molecule has 1 fully saturated rings. The number of hydrogen-bond acceptors (Lipinski definition) is 3. The first-order valence-electron chi connectivity index (χ1n) is 5.47. The molecular weight excluding hydrogens is 208 g/mol. The highest BCUT2D eigenvalue weighted by molar-refractivity contribution is 7.12. The van der Waals surface area contributed by atoms with Crippen LogP contribution in [-0.2, 0) is 21.7 Å². The molecule has 0 spiro atoms. The highest BCUT2D eigenvalue weighted by atomic mass is 32.1. The van der Waals surface area contributed by atoms with Gasteiger partial charge in [0.15, 0.2) is 0 Å². The maximum Gasteiger partial charge on any atom is 0.201 e. The van der Waals surface area contributed by atoms with Crippen LogP contribution in [0.15, 0.2) is 12.1 Å². The van der Waals surface area contributed by atoms with Gasteiger partial charge in [0.05, 0.1) is 18.1 Å². The lowest BCUT2D eigenvalue weighted by atomic mass is 10.1. The molecule has 0 amide bonds. The lowest BCUT2D eigenvalue weighted by Gasteiger charge is -2.20. The van der Waals surface area contributed by atoms with Crippen LogP contribution in [-0.4, -0.2) is 13.2 Å². The zero-order valence-electron chi connectivity index (χ0n) is 9.58. The molecule has 0 aliphatic carbocycles. The van der Waals surface area contributed by atoms with Crippen molar-refractivity contribution in [1.29, 1.82) is 0 Å². The van der Waals surface area contributed by atoms with Crippen LogP contribution >= 0.6 is 11.3 Å². The second-order valence-electron chi connectivity index (χ2n) is 4.51. The fourth-order valence-electron chi connectivity index (χ4n) is 1.79. The smallest absolute Gasteiger partial charge is 0.201 e. The topological polar surface area (TPSA) is 18.5 Å². The lowest BCUT2D eigenvalue weighted by molar-refractivity contribution is -0.146. The van der Waals surface area contributed by atoms with Crippen LogP contribution < -0.4 is 0 Å². The van der Waals surface area contributed by atoms with Crippen LogP contribution in [0.25, 0.3) is 0 Å². The molecule has 2 nitrogen and oxygen atoms in total. The van der Waals surface area contributed by atoms with Crippen molar-refractivity contribution < 1.29 is 9.47 Å². The van der Waals surface area contributed by atoms with E-state index in [4.69, 9.17) is 9.47 Å². The minimum Gasteiger partial charge on any atom is -0.343 e. The van der Waals surface area contributed by atoms with Crippen molar-refractivity contribution in [3.8, 4) is 0 Å². The van der Waals surface area contributed by atoms with Crippen LogP contribution in [0.1, 0.15) is 30.5 Å². The molecule has 1 saturated heterocycles. The molecule has 0 atom stereocenters. The molecule has 0 radical (unpaired) electrons. The molecule has 0 saturated carbocycles. The van der Waals surface area contributed by atoms with Crippen molar-refractivity contribution in [2.45, 2.75) is 33.0 Å². The first-order chi connectivity index (χ1) is 7.10. The highest BCUT2D eigenvalue weighted by Gasteiger charge is 2.34. The fourth-order valence-corrected chi connectivity index (χ4v) is 3.07. The molecule has 0 bridgehead atoms. The summed E-state index contributed by atoms with van der Waals surface area (Å²) < 4.78 is 11.3. The van der Waals surface area contributed by atoms with E-state index in [1.165, 1.54) is 9.75 Å². The third kappa shape index (κ3) is 2.41. The van der Waals surface area contributed by atoms with E-state index < -0.39 is 5.79 Å². The van der Waals surface area contributed by atoms with Crippen molar-refractivity contribution >= 4 is 11.3 Å². The molecule has 2 heterocycles. The van der Waals surface area contributed by atoms with Crippen molar-refractivity contribution in [3.63, 3.8) is 0 Å². The van der Waals surface area contributed by atoms with Gasteiger partial charge < -0.3 is 9.47 Å². The molecule has 1 aromatic rings. The molecule has 84 valence electrons. The van der Waals surface area contributed by atoms with Gasteiger partial charge in [-0.15, -0.1) is 11.3 Å². The molecule has 0 N–H and O–H groups in total. The van der Waals surface area contributed by atoms with E-state index in [9.17, 15) is 0 Å². The average molecular weight is 226 g/mol. The minimum absolute atomic E-state index is 0.486. The van der Waals surface area contributed by atoms with Gasteiger partial charge in [-0.05, 0) is 31.4 Å².